The highest BCUT2D eigenvalue weighted by atomic mass is 32.1. The number of carbonyl (C=O) groups is 1. The van der Waals surface area contributed by atoms with Gasteiger partial charge in [-0.25, -0.2) is 9.36 Å². The Bertz CT molecular complexity index is 1650. The van der Waals surface area contributed by atoms with Crippen molar-refractivity contribution >= 4 is 27.5 Å². The van der Waals surface area contributed by atoms with Crippen molar-refractivity contribution in [1.29, 1.82) is 0 Å². The molecule has 5 rings (SSSR count). The van der Waals surface area contributed by atoms with Crippen molar-refractivity contribution < 1.29 is 19.0 Å². The van der Waals surface area contributed by atoms with Crippen LogP contribution in [-0.4, -0.2) is 56.5 Å². The number of nitrogens with zero attached hydrogens (tertiary/aromatic N) is 5. The van der Waals surface area contributed by atoms with Crippen molar-refractivity contribution in [3.05, 3.63) is 68.6 Å². The van der Waals surface area contributed by atoms with Crippen molar-refractivity contribution in [1.82, 2.24) is 24.1 Å². The van der Waals surface area contributed by atoms with Crippen LogP contribution in [0.4, 0.5) is 0 Å². The Balaban J connectivity index is 1.76. The summed E-state index contributed by atoms with van der Waals surface area (Å²) in [6.45, 7) is 5.90. The van der Waals surface area contributed by atoms with E-state index in [4.69, 9.17) is 19.9 Å². The summed E-state index contributed by atoms with van der Waals surface area (Å²) in [6, 6.07) is 7.47. The van der Waals surface area contributed by atoms with E-state index in [2.05, 4.69) is 10.2 Å². The highest BCUT2D eigenvalue weighted by Crippen LogP contribution is 2.35. The van der Waals surface area contributed by atoms with E-state index in [0.29, 0.717) is 47.2 Å². The summed E-state index contributed by atoms with van der Waals surface area (Å²) in [4.78, 5) is 42.3. The minimum Gasteiger partial charge on any atom is -0.496 e. The number of thiophene rings is 1. The van der Waals surface area contributed by atoms with Crippen LogP contribution in [0.3, 0.4) is 0 Å². The van der Waals surface area contributed by atoms with Gasteiger partial charge in [0.1, 0.15) is 27.2 Å². The molecule has 1 atom stereocenters. The third-order valence-electron chi connectivity index (χ3n) is 7.31. The fourth-order valence-corrected chi connectivity index (χ4v) is 6.19. The molecule has 0 spiro atoms. The van der Waals surface area contributed by atoms with Gasteiger partial charge in [-0.3, -0.25) is 14.2 Å². The number of hydrogen-bond donors (Lipinski definition) is 1. The SMILES string of the molecule is COc1ccccc1[C@H](Cn1c(=O)n(C(C)(C)C(N)=O)c(=O)c2c(C)c(-n3nccn3)sc21)OC1CCOCC1. The monoisotopic (exact) mass is 568 g/mol. The number of aromatic nitrogens is 5. The number of primary amides is 1. The standard InChI is InChI=1S/C27H32N6O6S/c1-16-21-22(34)32(27(2,3)25(28)35)26(36)31(24(21)40-23(16)33-29-11-12-30-33)15-20(39-17-9-13-38-14-10-17)18-7-5-6-8-19(18)37-4/h5-8,11-12,17,20H,9-10,13-15H2,1-4H3,(H2,28,35)/t20-/m0/s1. The number of benzene rings is 1. The molecule has 1 aliphatic heterocycles. The quantitative estimate of drug-likeness (QED) is 0.324. The third kappa shape index (κ3) is 4.84. The fraction of sp³-hybridized carbons (Fsp3) is 0.444. The van der Waals surface area contributed by atoms with Crippen LogP contribution in [0, 0.1) is 6.92 Å². The molecule has 1 aliphatic rings. The van der Waals surface area contributed by atoms with E-state index in [1.54, 1.807) is 14.0 Å². The Morgan fingerprint density at radius 2 is 1.88 bits per heavy atom. The van der Waals surface area contributed by atoms with Gasteiger partial charge >= 0.3 is 5.69 Å². The minimum absolute atomic E-state index is 0.0497. The first-order valence-corrected chi connectivity index (χ1v) is 13.8. The first-order valence-electron chi connectivity index (χ1n) is 13.0. The fourth-order valence-electron chi connectivity index (χ4n) is 4.97. The van der Waals surface area contributed by atoms with E-state index >= 15 is 0 Å². The van der Waals surface area contributed by atoms with E-state index in [0.717, 1.165) is 10.1 Å². The van der Waals surface area contributed by atoms with Gasteiger partial charge in [-0.05, 0) is 39.7 Å². The molecule has 13 heteroatoms. The molecule has 1 amide bonds. The van der Waals surface area contributed by atoms with Crippen molar-refractivity contribution in [3.8, 4) is 10.8 Å². The zero-order valence-corrected chi connectivity index (χ0v) is 23.6. The number of fused-ring (bicyclic) bond motifs is 1. The molecular weight excluding hydrogens is 536 g/mol. The van der Waals surface area contributed by atoms with Crippen LogP contribution in [-0.2, 0) is 26.4 Å². The molecule has 3 aromatic heterocycles. The normalized spacial score (nSPS) is 15.4. The second-order valence-electron chi connectivity index (χ2n) is 10.2. The number of nitrogens with two attached hydrogens (primary N) is 1. The van der Waals surface area contributed by atoms with Gasteiger partial charge in [0.05, 0.1) is 37.5 Å². The molecule has 212 valence electrons. The molecule has 12 nitrogen and oxygen atoms in total. The Morgan fingerprint density at radius 3 is 2.52 bits per heavy atom. The van der Waals surface area contributed by atoms with E-state index in [1.165, 1.54) is 46.9 Å². The van der Waals surface area contributed by atoms with E-state index in [1.807, 2.05) is 24.3 Å². The highest BCUT2D eigenvalue weighted by molar-refractivity contribution is 7.21. The van der Waals surface area contributed by atoms with Crippen molar-refractivity contribution in [3.63, 3.8) is 0 Å². The number of para-hydroxylation sites is 1. The average molecular weight is 569 g/mol. The number of methoxy groups -OCH3 is 1. The number of ether oxygens (including phenoxy) is 3. The van der Waals surface area contributed by atoms with Gasteiger partial charge < -0.3 is 19.9 Å². The predicted octanol–water partition coefficient (Wildman–Crippen LogP) is 2.28. The van der Waals surface area contributed by atoms with Gasteiger partial charge in [-0.2, -0.15) is 10.2 Å². The average Bonchev–Trinajstić information content (AvgIpc) is 3.59. The maximum absolute atomic E-state index is 14.2. The summed E-state index contributed by atoms with van der Waals surface area (Å²) in [6.07, 6.45) is 3.76. The topological polar surface area (TPSA) is 145 Å². The lowest BCUT2D eigenvalue weighted by molar-refractivity contribution is -0.125. The molecule has 0 unspecified atom stereocenters. The maximum atomic E-state index is 14.2. The summed E-state index contributed by atoms with van der Waals surface area (Å²) < 4.78 is 20.2. The van der Waals surface area contributed by atoms with Crippen LogP contribution < -0.4 is 21.7 Å². The van der Waals surface area contributed by atoms with E-state index in [9.17, 15) is 14.4 Å². The zero-order valence-electron chi connectivity index (χ0n) is 22.8. The van der Waals surface area contributed by atoms with Gasteiger partial charge in [0.2, 0.25) is 5.91 Å². The predicted molar refractivity (Wildman–Crippen MR) is 149 cm³/mol. The molecule has 0 radical (unpaired) electrons. The second kappa shape index (κ2) is 11.0. The minimum atomic E-state index is -1.59. The summed E-state index contributed by atoms with van der Waals surface area (Å²) >= 11 is 1.22. The van der Waals surface area contributed by atoms with Gasteiger partial charge in [0.25, 0.3) is 5.56 Å². The van der Waals surface area contributed by atoms with Crippen LogP contribution in [0.2, 0.25) is 0 Å². The van der Waals surface area contributed by atoms with Crippen LogP contribution in [0.1, 0.15) is 43.9 Å². The Kier molecular flexibility index (Phi) is 7.62. The molecule has 0 aliphatic carbocycles. The molecule has 2 N–H and O–H groups in total. The smallest absolute Gasteiger partial charge is 0.333 e. The lowest BCUT2D eigenvalue weighted by Crippen LogP contribution is -2.54. The molecular formula is C27H32N6O6S. The van der Waals surface area contributed by atoms with Crippen LogP contribution in [0.25, 0.3) is 15.2 Å². The number of aryl methyl sites for hydroxylation is 1. The number of hydrogen-bond acceptors (Lipinski definition) is 9. The van der Waals surface area contributed by atoms with E-state index in [-0.39, 0.29) is 18.0 Å². The first kappa shape index (κ1) is 27.7. The summed E-state index contributed by atoms with van der Waals surface area (Å²) in [5.74, 6) is -0.197. The molecule has 4 heterocycles. The van der Waals surface area contributed by atoms with Crippen molar-refractivity contribution in [2.45, 2.75) is 57.9 Å². The first-order chi connectivity index (χ1) is 19.1. The largest absolute Gasteiger partial charge is 0.496 e. The van der Waals surface area contributed by atoms with Crippen LogP contribution >= 0.6 is 11.3 Å². The third-order valence-corrected chi connectivity index (χ3v) is 8.59. The number of rotatable bonds is 9. The van der Waals surface area contributed by atoms with Crippen LogP contribution in [0.5, 0.6) is 5.75 Å². The zero-order chi connectivity index (χ0) is 28.6. The van der Waals surface area contributed by atoms with Gasteiger partial charge in [0.15, 0.2) is 0 Å². The number of carbonyl (C=O) groups excluding carboxylic acids is 1. The molecule has 0 saturated carbocycles. The van der Waals surface area contributed by atoms with Crippen LogP contribution in [0.15, 0.2) is 46.2 Å². The molecule has 40 heavy (non-hydrogen) atoms. The van der Waals surface area contributed by atoms with E-state index < -0.39 is 28.8 Å². The molecule has 1 saturated heterocycles. The Labute approximate surface area is 233 Å². The van der Waals surface area contributed by atoms with Crippen molar-refractivity contribution in [2.24, 2.45) is 5.73 Å². The summed E-state index contributed by atoms with van der Waals surface area (Å²) in [5.41, 5.74) is 4.16. The van der Waals surface area contributed by atoms with Gasteiger partial charge in [-0.15, -0.1) is 4.80 Å². The maximum Gasteiger partial charge on any atom is 0.333 e. The van der Waals surface area contributed by atoms with Crippen molar-refractivity contribution in [2.75, 3.05) is 20.3 Å². The van der Waals surface area contributed by atoms with Gasteiger partial charge in [-0.1, -0.05) is 29.5 Å². The lowest BCUT2D eigenvalue weighted by atomic mass is 10.0. The molecule has 0 bridgehead atoms. The van der Waals surface area contributed by atoms with Gasteiger partial charge in [0, 0.05) is 24.3 Å². The number of amides is 1. The molecule has 4 aromatic rings. The summed E-state index contributed by atoms with van der Waals surface area (Å²) in [5, 5.41) is 9.32. The summed E-state index contributed by atoms with van der Waals surface area (Å²) in [7, 11) is 1.58. The molecule has 1 fully saturated rings. The highest BCUT2D eigenvalue weighted by Gasteiger charge is 2.35. The Morgan fingerprint density at radius 1 is 1.20 bits per heavy atom. The Hall–Kier alpha value is -3.81. The lowest BCUT2D eigenvalue weighted by Gasteiger charge is -2.30. The second-order valence-corrected chi connectivity index (χ2v) is 11.1. The molecule has 1 aromatic carbocycles.